The molecule has 33 heavy (non-hydrogen) atoms. The maximum atomic E-state index is 13.0. The lowest BCUT2D eigenvalue weighted by Gasteiger charge is -2.34. The summed E-state index contributed by atoms with van der Waals surface area (Å²) in [5.41, 5.74) is 1.75. The maximum Gasteiger partial charge on any atom is 0.338 e. The number of anilines is 2. The second-order valence-electron chi connectivity index (χ2n) is 7.87. The summed E-state index contributed by atoms with van der Waals surface area (Å²) in [5, 5.41) is 4.86. The predicted octanol–water partition coefficient (Wildman–Crippen LogP) is 3.15. The Hall–Kier alpha value is -3.33. The van der Waals surface area contributed by atoms with Crippen LogP contribution in [0.1, 0.15) is 30.1 Å². The normalized spacial score (nSPS) is 18.2. The lowest BCUT2D eigenvalue weighted by Crippen LogP contribution is -2.48. The highest BCUT2D eigenvalue weighted by Crippen LogP contribution is 2.36. The molecule has 0 saturated carbocycles. The maximum absolute atomic E-state index is 13.0. The molecule has 1 atom stereocenters. The number of benzene rings is 2. The molecule has 8 nitrogen and oxygen atoms in total. The number of hydrogen-bond acceptors (Lipinski definition) is 6. The molecule has 1 fully saturated rings. The van der Waals surface area contributed by atoms with Crippen LogP contribution in [0.5, 0.6) is 0 Å². The summed E-state index contributed by atoms with van der Waals surface area (Å²) in [6.45, 7) is 2.89. The third kappa shape index (κ3) is 5.19. The van der Waals surface area contributed by atoms with E-state index in [0.717, 1.165) is 10.6 Å². The number of carbonyl (C=O) groups is 4. The number of fused-ring (bicyclic) bond motifs is 1. The van der Waals surface area contributed by atoms with E-state index in [2.05, 4.69) is 10.6 Å². The van der Waals surface area contributed by atoms with Crippen molar-refractivity contribution < 1.29 is 23.9 Å². The van der Waals surface area contributed by atoms with Crippen LogP contribution < -0.4 is 10.6 Å². The molecule has 2 heterocycles. The molecule has 1 unspecified atom stereocenters. The molecule has 3 amide bonds. The van der Waals surface area contributed by atoms with Gasteiger partial charge in [-0.05, 0) is 56.2 Å². The number of ether oxygens (including phenoxy) is 1. The highest BCUT2D eigenvalue weighted by Gasteiger charge is 2.37. The molecule has 2 aromatic rings. The summed E-state index contributed by atoms with van der Waals surface area (Å²) in [7, 11) is 0. The van der Waals surface area contributed by atoms with Gasteiger partial charge in [-0.1, -0.05) is 12.1 Å². The molecule has 2 aliphatic rings. The molecular formula is C24H25N3O5S. The average molecular weight is 468 g/mol. The molecule has 1 saturated heterocycles. The van der Waals surface area contributed by atoms with E-state index in [1.165, 1.54) is 11.8 Å². The van der Waals surface area contributed by atoms with Crippen LogP contribution in [0.15, 0.2) is 53.4 Å². The van der Waals surface area contributed by atoms with E-state index in [1.54, 1.807) is 36.1 Å². The minimum absolute atomic E-state index is 0.121. The first kappa shape index (κ1) is 22.8. The molecular weight excluding hydrogens is 442 g/mol. The van der Waals surface area contributed by atoms with Crippen LogP contribution in [-0.2, 0) is 19.1 Å². The van der Waals surface area contributed by atoms with E-state index in [9.17, 15) is 19.2 Å². The van der Waals surface area contributed by atoms with E-state index in [1.807, 2.05) is 24.3 Å². The first-order valence-corrected chi connectivity index (χ1v) is 11.8. The number of rotatable bonds is 5. The second kappa shape index (κ2) is 10.1. The SMILES string of the molecule is CCOC(=O)c1ccc(NC(=O)C2CCN(C(=O)C3Sc4ccccc4NC3=O)CC2)cc1. The van der Waals surface area contributed by atoms with Crippen LogP contribution in [0.2, 0.25) is 0 Å². The Bertz CT molecular complexity index is 1060. The van der Waals surface area contributed by atoms with E-state index in [0.29, 0.717) is 43.8 Å². The molecule has 9 heteroatoms. The van der Waals surface area contributed by atoms with E-state index < -0.39 is 11.2 Å². The van der Waals surface area contributed by atoms with Gasteiger partial charge < -0.3 is 20.3 Å². The van der Waals surface area contributed by atoms with Crippen LogP contribution >= 0.6 is 11.8 Å². The summed E-state index contributed by atoms with van der Waals surface area (Å²) in [4.78, 5) is 52.4. The topological polar surface area (TPSA) is 105 Å². The number of nitrogens with zero attached hydrogens (tertiary/aromatic N) is 1. The van der Waals surface area contributed by atoms with Crippen molar-refractivity contribution in [2.75, 3.05) is 30.3 Å². The van der Waals surface area contributed by atoms with Crippen molar-refractivity contribution in [1.29, 1.82) is 0 Å². The average Bonchev–Trinajstić information content (AvgIpc) is 2.84. The minimum Gasteiger partial charge on any atom is -0.462 e. The highest BCUT2D eigenvalue weighted by atomic mass is 32.2. The van der Waals surface area contributed by atoms with Gasteiger partial charge in [0.05, 0.1) is 17.9 Å². The zero-order valence-electron chi connectivity index (χ0n) is 18.2. The number of para-hydroxylation sites is 1. The number of amides is 3. The van der Waals surface area contributed by atoms with Gasteiger partial charge in [0, 0.05) is 29.6 Å². The van der Waals surface area contributed by atoms with Gasteiger partial charge in [-0.25, -0.2) is 4.79 Å². The third-order valence-corrected chi connectivity index (χ3v) is 6.95. The van der Waals surface area contributed by atoms with Gasteiger partial charge in [0.1, 0.15) is 0 Å². The third-order valence-electron chi connectivity index (χ3n) is 5.69. The lowest BCUT2D eigenvalue weighted by molar-refractivity contribution is -0.136. The van der Waals surface area contributed by atoms with Gasteiger partial charge in [-0.3, -0.25) is 14.4 Å². The number of thioether (sulfide) groups is 1. The van der Waals surface area contributed by atoms with Gasteiger partial charge in [0.2, 0.25) is 17.7 Å². The molecule has 0 radical (unpaired) electrons. The first-order valence-electron chi connectivity index (χ1n) is 10.9. The highest BCUT2D eigenvalue weighted by molar-refractivity contribution is 8.01. The summed E-state index contributed by atoms with van der Waals surface area (Å²) >= 11 is 1.27. The fourth-order valence-corrected chi connectivity index (χ4v) is 4.96. The number of hydrogen-bond donors (Lipinski definition) is 2. The zero-order chi connectivity index (χ0) is 23.4. The molecule has 4 rings (SSSR count). The molecule has 0 spiro atoms. The van der Waals surface area contributed by atoms with Crippen molar-refractivity contribution >= 4 is 46.8 Å². The zero-order valence-corrected chi connectivity index (χ0v) is 19.0. The molecule has 2 aromatic carbocycles. The Morgan fingerprint density at radius 2 is 1.79 bits per heavy atom. The van der Waals surface area contributed by atoms with E-state index >= 15 is 0 Å². The summed E-state index contributed by atoms with van der Waals surface area (Å²) in [6.07, 6.45) is 1.04. The fraction of sp³-hybridized carbons (Fsp3) is 0.333. The Balaban J connectivity index is 1.29. The monoisotopic (exact) mass is 467 g/mol. The number of likely N-dealkylation sites (tertiary alicyclic amines) is 1. The summed E-state index contributed by atoms with van der Waals surface area (Å²) in [6, 6.07) is 14.0. The van der Waals surface area contributed by atoms with Gasteiger partial charge >= 0.3 is 5.97 Å². The molecule has 2 N–H and O–H groups in total. The van der Waals surface area contributed by atoms with Crippen molar-refractivity contribution in [3.05, 3.63) is 54.1 Å². The van der Waals surface area contributed by atoms with Crippen molar-refractivity contribution in [1.82, 2.24) is 4.90 Å². The molecule has 2 aliphatic heterocycles. The Labute approximate surface area is 196 Å². The van der Waals surface area contributed by atoms with Crippen LogP contribution in [0.3, 0.4) is 0 Å². The number of esters is 1. The van der Waals surface area contributed by atoms with Crippen molar-refractivity contribution in [2.45, 2.75) is 29.9 Å². The largest absolute Gasteiger partial charge is 0.462 e. The molecule has 0 bridgehead atoms. The predicted molar refractivity (Wildman–Crippen MR) is 125 cm³/mol. The molecule has 0 aromatic heterocycles. The summed E-state index contributed by atoms with van der Waals surface area (Å²) < 4.78 is 4.96. The van der Waals surface area contributed by atoms with E-state index in [-0.39, 0.29) is 23.6 Å². The van der Waals surface area contributed by atoms with E-state index in [4.69, 9.17) is 4.74 Å². The number of nitrogens with one attached hydrogen (secondary N) is 2. The first-order chi connectivity index (χ1) is 16.0. The number of piperidine rings is 1. The minimum atomic E-state index is -0.816. The van der Waals surface area contributed by atoms with Crippen LogP contribution in [-0.4, -0.2) is 53.5 Å². The van der Waals surface area contributed by atoms with Crippen LogP contribution in [0.25, 0.3) is 0 Å². The Morgan fingerprint density at radius 1 is 1.09 bits per heavy atom. The van der Waals surface area contributed by atoms with Crippen LogP contribution in [0, 0.1) is 5.92 Å². The van der Waals surface area contributed by atoms with Gasteiger partial charge in [0.25, 0.3) is 0 Å². The Morgan fingerprint density at radius 3 is 2.48 bits per heavy atom. The standard InChI is InChI=1S/C24H25N3O5S/c1-2-32-24(31)16-7-9-17(10-8-16)25-21(28)15-11-13-27(14-12-15)23(30)20-22(29)26-18-5-3-4-6-19(18)33-20/h3-10,15,20H,2,11-14H2,1H3,(H,25,28)(H,26,29). The smallest absolute Gasteiger partial charge is 0.338 e. The molecule has 0 aliphatic carbocycles. The Kier molecular flexibility index (Phi) is 6.98. The second-order valence-corrected chi connectivity index (χ2v) is 9.02. The van der Waals surface area contributed by atoms with Gasteiger partial charge in [-0.2, -0.15) is 0 Å². The van der Waals surface area contributed by atoms with Crippen molar-refractivity contribution in [2.24, 2.45) is 5.92 Å². The summed E-state index contributed by atoms with van der Waals surface area (Å²) in [5.74, 6) is -1.28. The fourth-order valence-electron chi connectivity index (χ4n) is 3.89. The van der Waals surface area contributed by atoms with Crippen molar-refractivity contribution in [3.8, 4) is 0 Å². The molecule has 172 valence electrons. The van der Waals surface area contributed by atoms with Gasteiger partial charge in [-0.15, -0.1) is 11.8 Å². The number of carbonyl (C=O) groups excluding carboxylic acids is 4. The lowest BCUT2D eigenvalue weighted by atomic mass is 9.95. The van der Waals surface area contributed by atoms with Crippen LogP contribution in [0.4, 0.5) is 11.4 Å². The van der Waals surface area contributed by atoms with Gasteiger partial charge in [0.15, 0.2) is 5.25 Å². The quantitative estimate of drug-likeness (QED) is 0.517. The van der Waals surface area contributed by atoms with Crippen molar-refractivity contribution in [3.63, 3.8) is 0 Å².